The summed E-state index contributed by atoms with van der Waals surface area (Å²) in [6.07, 6.45) is 2.10. The van der Waals surface area contributed by atoms with Gasteiger partial charge in [-0.2, -0.15) is 0 Å². The number of aryl methyl sites for hydroxylation is 1. The Balaban J connectivity index is 2.43. The minimum atomic E-state index is 0.178. The van der Waals surface area contributed by atoms with Crippen molar-refractivity contribution in [3.05, 3.63) is 62.0 Å². The zero-order valence-electron chi connectivity index (χ0n) is 11.7. The van der Waals surface area contributed by atoms with Gasteiger partial charge in [0.15, 0.2) is 0 Å². The SMILES string of the molecule is CNC(c1ccc(SC)cc1)c1cc(Br)c(C)cc1Br. The van der Waals surface area contributed by atoms with E-state index in [0.717, 1.165) is 8.95 Å². The lowest BCUT2D eigenvalue weighted by molar-refractivity contribution is 0.687. The van der Waals surface area contributed by atoms with E-state index in [9.17, 15) is 0 Å². The molecule has 1 unspecified atom stereocenters. The molecule has 1 N–H and O–H groups in total. The molecular formula is C16H17Br2NS. The second-order valence-electron chi connectivity index (χ2n) is 4.62. The molecular weight excluding hydrogens is 398 g/mol. The summed E-state index contributed by atoms with van der Waals surface area (Å²) in [5.74, 6) is 0. The Morgan fingerprint density at radius 2 is 1.70 bits per heavy atom. The molecule has 0 aliphatic rings. The van der Waals surface area contributed by atoms with Crippen LogP contribution in [0.25, 0.3) is 0 Å². The van der Waals surface area contributed by atoms with Crippen molar-refractivity contribution in [2.45, 2.75) is 17.9 Å². The summed E-state index contributed by atoms with van der Waals surface area (Å²) >= 11 is 9.07. The van der Waals surface area contributed by atoms with E-state index in [2.05, 4.69) is 86.8 Å². The Labute approximate surface area is 141 Å². The first-order valence-electron chi connectivity index (χ1n) is 6.33. The van der Waals surface area contributed by atoms with Crippen LogP contribution in [0.3, 0.4) is 0 Å². The Morgan fingerprint density at radius 3 is 2.25 bits per heavy atom. The van der Waals surface area contributed by atoms with Gasteiger partial charge in [-0.15, -0.1) is 11.8 Å². The molecule has 0 amide bonds. The van der Waals surface area contributed by atoms with E-state index in [0.29, 0.717) is 0 Å². The molecule has 0 spiro atoms. The first-order chi connectivity index (χ1) is 9.56. The third-order valence-corrected chi connectivity index (χ3v) is 5.61. The van der Waals surface area contributed by atoms with Crippen LogP contribution in [-0.4, -0.2) is 13.3 Å². The molecule has 2 aromatic rings. The van der Waals surface area contributed by atoms with Crippen LogP contribution in [0.1, 0.15) is 22.7 Å². The summed E-state index contributed by atoms with van der Waals surface area (Å²) in [5.41, 5.74) is 3.73. The lowest BCUT2D eigenvalue weighted by Gasteiger charge is -2.20. The van der Waals surface area contributed by atoms with Gasteiger partial charge in [-0.1, -0.05) is 44.0 Å². The average molecular weight is 415 g/mol. The molecule has 4 heteroatoms. The maximum absolute atomic E-state index is 3.68. The van der Waals surface area contributed by atoms with Crippen molar-refractivity contribution < 1.29 is 0 Å². The second kappa shape index (κ2) is 7.12. The fraction of sp³-hybridized carbons (Fsp3) is 0.250. The van der Waals surface area contributed by atoms with Crippen molar-refractivity contribution in [2.75, 3.05) is 13.3 Å². The van der Waals surface area contributed by atoms with Crippen LogP contribution in [-0.2, 0) is 0 Å². The molecule has 0 fully saturated rings. The topological polar surface area (TPSA) is 12.0 Å². The van der Waals surface area contributed by atoms with Gasteiger partial charge in [-0.25, -0.2) is 0 Å². The number of rotatable bonds is 4. The lowest BCUT2D eigenvalue weighted by atomic mass is 9.98. The smallest absolute Gasteiger partial charge is 0.0585 e. The Bertz CT molecular complexity index is 596. The normalized spacial score (nSPS) is 12.4. The van der Waals surface area contributed by atoms with Crippen LogP contribution < -0.4 is 5.32 Å². The molecule has 0 saturated heterocycles. The highest BCUT2D eigenvalue weighted by atomic mass is 79.9. The van der Waals surface area contributed by atoms with Gasteiger partial charge in [0.2, 0.25) is 0 Å². The largest absolute Gasteiger partial charge is 0.309 e. The third-order valence-electron chi connectivity index (χ3n) is 3.33. The predicted molar refractivity (Wildman–Crippen MR) is 95.7 cm³/mol. The maximum atomic E-state index is 3.68. The standard InChI is InChI=1S/C16H17Br2NS/c1-10-8-15(18)13(9-14(10)17)16(19-2)11-4-6-12(20-3)7-5-11/h4-9,16,19H,1-3H3. The molecule has 20 heavy (non-hydrogen) atoms. The van der Waals surface area contributed by atoms with Crippen molar-refractivity contribution in [1.82, 2.24) is 5.32 Å². The predicted octanol–water partition coefficient (Wildman–Crippen LogP) is 5.55. The van der Waals surface area contributed by atoms with Gasteiger partial charge in [0.1, 0.15) is 0 Å². The molecule has 106 valence electrons. The number of halogens is 2. The monoisotopic (exact) mass is 413 g/mol. The fourth-order valence-corrected chi connectivity index (χ4v) is 3.64. The highest BCUT2D eigenvalue weighted by Gasteiger charge is 2.16. The quantitative estimate of drug-likeness (QED) is 0.658. The number of benzene rings is 2. The summed E-state index contributed by atoms with van der Waals surface area (Å²) in [5, 5.41) is 3.40. The molecule has 2 aromatic carbocycles. The molecule has 0 heterocycles. The van der Waals surface area contributed by atoms with Gasteiger partial charge in [-0.05, 0) is 61.2 Å². The van der Waals surface area contributed by atoms with Crippen molar-refractivity contribution in [1.29, 1.82) is 0 Å². The Hall–Kier alpha value is -0.290. The Kier molecular flexibility index (Phi) is 5.73. The van der Waals surface area contributed by atoms with Crippen LogP contribution in [0.15, 0.2) is 50.2 Å². The van der Waals surface area contributed by atoms with E-state index in [1.807, 2.05) is 7.05 Å². The fourth-order valence-electron chi connectivity index (χ4n) is 2.18. The minimum absolute atomic E-state index is 0.178. The first-order valence-corrected chi connectivity index (χ1v) is 9.14. The van der Waals surface area contributed by atoms with E-state index in [1.54, 1.807) is 11.8 Å². The number of thioether (sulfide) groups is 1. The highest BCUT2D eigenvalue weighted by molar-refractivity contribution is 9.11. The molecule has 0 aliphatic heterocycles. The maximum Gasteiger partial charge on any atom is 0.0585 e. The highest BCUT2D eigenvalue weighted by Crippen LogP contribution is 2.33. The van der Waals surface area contributed by atoms with Crippen molar-refractivity contribution in [2.24, 2.45) is 0 Å². The number of hydrogen-bond acceptors (Lipinski definition) is 2. The molecule has 0 aromatic heterocycles. The van der Waals surface area contributed by atoms with Crippen molar-refractivity contribution in [3.8, 4) is 0 Å². The van der Waals surface area contributed by atoms with Gasteiger partial charge in [0.25, 0.3) is 0 Å². The molecule has 1 atom stereocenters. The Morgan fingerprint density at radius 1 is 1.05 bits per heavy atom. The van der Waals surface area contributed by atoms with Crippen molar-refractivity contribution >= 4 is 43.6 Å². The molecule has 0 aliphatic carbocycles. The summed E-state index contributed by atoms with van der Waals surface area (Å²) in [7, 11) is 1.99. The molecule has 1 nitrogen and oxygen atoms in total. The van der Waals surface area contributed by atoms with Crippen LogP contribution in [0.2, 0.25) is 0 Å². The van der Waals surface area contributed by atoms with E-state index < -0.39 is 0 Å². The summed E-state index contributed by atoms with van der Waals surface area (Å²) in [6, 6.07) is 13.2. The second-order valence-corrected chi connectivity index (χ2v) is 7.21. The van der Waals surface area contributed by atoms with Crippen LogP contribution in [0.4, 0.5) is 0 Å². The van der Waals surface area contributed by atoms with E-state index in [1.165, 1.54) is 21.6 Å². The van der Waals surface area contributed by atoms with Gasteiger partial charge >= 0.3 is 0 Å². The molecule has 0 saturated carbocycles. The van der Waals surface area contributed by atoms with Gasteiger partial charge < -0.3 is 5.32 Å². The molecule has 0 bridgehead atoms. The summed E-state index contributed by atoms with van der Waals surface area (Å²) in [4.78, 5) is 1.28. The molecule has 2 rings (SSSR count). The van der Waals surface area contributed by atoms with Crippen LogP contribution in [0.5, 0.6) is 0 Å². The van der Waals surface area contributed by atoms with Gasteiger partial charge in [-0.3, -0.25) is 0 Å². The minimum Gasteiger partial charge on any atom is -0.309 e. The van der Waals surface area contributed by atoms with Gasteiger partial charge in [0.05, 0.1) is 6.04 Å². The average Bonchev–Trinajstić information content (AvgIpc) is 2.46. The van der Waals surface area contributed by atoms with Gasteiger partial charge in [0, 0.05) is 13.8 Å². The first kappa shape index (κ1) is 16.1. The van der Waals surface area contributed by atoms with E-state index in [-0.39, 0.29) is 6.04 Å². The number of hydrogen-bond donors (Lipinski definition) is 1. The summed E-state index contributed by atoms with van der Waals surface area (Å²) in [6.45, 7) is 2.10. The van der Waals surface area contributed by atoms with E-state index in [4.69, 9.17) is 0 Å². The summed E-state index contributed by atoms with van der Waals surface area (Å²) < 4.78 is 2.27. The van der Waals surface area contributed by atoms with Crippen LogP contribution >= 0.6 is 43.6 Å². The zero-order valence-corrected chi connectivity index (χ0v) is 15.7. The molecule has 0 radical (unpaired) electrons. The van der Waals surface area contributed by atoms with Crippen LogP contribution in [0, 0.1) is 6.92 Å². The van der Waals surface area contributed by atoms with Crippen molar-refractivity contribution in [3.63, 3.8) is 0 Å². The third kappa shape index (κ3) is 3.48. The van der Waals surface area contributed by atoms with E-state index >= 15 is 0 Å². The zero-order chi connectivity index (χ0) is 14.7. The lowest BCUT2D eigenvalue weighted by Crippen LogP contribution is -2.18. The number of nitrogens with one attached hydrogen (secondary N) is 1.